The Morgan fingerprint density at radius 1 is 0.381 bits per heavy atom. The van der Waals surface area contributed by atoms with Gasteiger partial charge in [0.2, 0.25) is 0 Å². The Morgan fingerprint density at radius 3 is 1.55 bits per heavy atom. The van der Waals surface area contributed by atoms with Crippen LogP contribution in [0.15, 0.2) is 146 Å². The number of fused-ring (bicyclic) bond motifs is 4. The number of hydrogen-bond acceptors (Lipinski definition) is 4. The van der Waals surface area contributed by atoms with E-state index in [0.29, 0.717) is 5.82 Å². The largest absolute Gasteiger partial charge is 0.252 e. The van der Waals surface area contributed by atoms with Crippen LogP contribution in [0.5, 0.6) is 0 Å². The van der Waals surface area contributed by atoms with Crippen LogP contribution in [0.3, 0.4) is 0 Å². The lowest BCUT2D eigenvalue weighted by Crippen LogP contribution is -1.98. The molecule has 4 heteroatoms. The monoisotopic (exact) mass is 536 g/mol. The Hall–Kier alpha value is -5.74. The van der Waals surface area contributed by atoms with Gasteiger partial charge in [0.15, 0.2) is 5.82 Å². The quantitative estimate of drug-likeness (QED) is 0.210. The molecule has 0 bridgehead atoms. The molecule has 0 unspecified atom stereocenters. The van der Waals surface area contributed by atoms with E-state index < -0.39 is 0 Å². The van der Waals surface area contributed by atoms with Crippen LogP contribution in [0, 0.1) is 0 Å². The number of hydrogen-bond donors (Lipinski definition) is 0. The first-order chi connectivity index (χ1) is 20.8. The van der Waals surface area contributed by atoms with Crippen molar-refractivity contribution in [3.05, 3.63) is 146 Å². The first kappa shape index (κ1) is 24.1. The number of benzene rings is 6. The summed E-state index contributed by atoms with van der Waals surface area (Å²) in [6.07, 6.45) is 5.39. The summed E-state index contributed by atoms with van der Waals surface area (Å²) in [5.74, 6) is 0.677. The second-order valence-corrected chi connectivity index (χ2v) is 10.3. The highest BCUT2D eigenvalue weighted by Gasteiger charge is 2.21. The van der Waals surface area contributed by atoms with E-state index in [4.69, 9.17) is 19.9 Å². The smallest absolute Gasteiger partial charge is 0.159 e. The standard InChI is InChI=1S/C38H24N4/c1-4-10-25(11-5-1)28-16-17-30-23-31(19-18-29(30)22-28)38-41-24-32-35(42-38)33(26-12-6-2-7-13-26)34(27-14-8-3-9-15-27)37-36(32)39-20-21-40-37/h1-24H. The summed E-state index contributed by atoms with van der Waals surface area (Å²) in [6.45, 7) is 0. The molecule has 0 saturated heterocycles. The van der Waals surface area contributed by atoms with E-state index in [-0.39, 0.29) is 0 Å². The van der Waals surface area contributed by atoms with E-state index in [1.165, 1.54) is 16.5 Å². The SMILES string of the molecule is c1ccc(-c2ccc3cc(-c4ncc5c(n4)c(-c4ccccc4)c(-c4ccccc4)c4nccnc45)ccc3c2)cc1. The highest BCUT2D eigenvalue weighted by Crippen LogP contribution is 2.42. The van der Waals surface area contributed by atoms with E-state index in [1.807, 2.05) is 24.4 Å². The van der Waals surface area contributed by atoms with Gasteiger partial charge in [-0.3, -0.25) is 9.97 Å². The van der Waals surface area contributed by atoms with Crippen molar-refractivity contribution in [2.24, 2.45) is 0 Å². The van der Waals surface area contributed by atoms with Gasteiger partial charge in [0.1, 0.15) is 5.52 Å². The van der Waals surface area contributed by atoms with Crippen LogP contribution in [-0.2, 0) is 0 Å². The van der Waals surface area contributed by atoms with Crippen LogP contribution in [0.2, 0.25) is 0 Å². The van der Waals surface area contributed by atoms with Crippen LogP contribution in [0.1, 0.15) is 0 Å². The molecule has 6 aromatic carbocycles. The number of aromatic nitrogens is 4. The van der Waals surface area contributed by atoms with Crippen molar-refractivity contribution in [1.82, 2.24) is 19.9 Å². The minimum atomic E-state index is 0.677. The lowest BCUT2D eigenvalue weighted by Gasteiger charge is -2.17. The number of nitrogens with zero attached hydrogens (tertiary/aromatic N) is 4. The molecule has 0 aliphatic rings. The van der Waals surface area contributed by atoms with Crippen molar-refractivity contribution in [2.75, 3.05) is 0 Å². The van der Waals surface area contributed by atoms with Crippen molar-refractivity contribution < 1.29 is 0 Å². The molecule has 0 atom stereocenters. The molecule has 0 amide bonds. The molecular weight excluding hydrogens is 512 g/mol. The molecular formula is C38H24N4. The maximum atomic E-state index is 5.25. The molecule has 0 saturated carbocycles. The van der Waals surface area contributed by atoms with Crippen LogP contribution < -0.4 is 0 Å². The van der Waals surface area contributed by atoms with Gasteiger partial charge in [0.25, 0.3) is 0 Å². The van der Waals surface area contributed by atoms with Crippen molar-refractivity contribution in [3.63, 3.8) is 0 Å². The molecule has 42 heavy (non-hydrogen) atoms. The topological polar surface area (TPSA) is 51.6 Å². The lowest BCUT2D eigenvalue weighted by atomic mass is 9.90. The average molecular weight is 537 g/mol. The molecule has 0 N–H and O–H groups in total. The van der Waals surface area contributed by atoms with E-state index in [0.717, 1.165) is 55.1 Å². The minimum Gasteiger partial charge on any atom is -0.252 e. The lowest BCUT2D eigenvalue weighted by molar-refractivity contribution is 1.22. The fraction of sp³-hybridized carbons (Fsp3) is 0. The summed E-state index contributed by atoms with van der Waals surface area (Å²) >= 11 is 0. The molecule has 4 nitrogen and oxygen atoms in total. The first-order valence-corrected chi connectivity index (χ1v) is 14.0. The van der Waals surface area contributed by atoms with E-state index in [9.17, 15) is 0 Å². The summed E-state index contributed by atoms with van der Waals surface area (Å²) in [5, 5.41) is 3.21. The molecule has 8 rings (SSSR count). The third-order valence-electron chi connectivity index (χ3n) is 7.80. The van der Waals surface area contributed by atoms with E-state index in [1.54, 1.807) is 12.4 Å². The Morgan fingerprint density at radius 2 is 0.905 bits per heavy atom. The summed E-state index contributed by atoms with van der Waals surface area (Å²) in [5.41, 5.74) is 10.1. The Bertz CT molecular complexity index is 2230. The van der Waals surface area contributed by atoms with Gasteiger partial charge in [-0.1, -0.05) is 115 Å². The van der Waals surface area contributed by atoms with Crippen molar-refractivity contribution in [1.29, 1.82) is 0 Å². The fourth-order valence-corrected chi connectivity index (χ4v) is 5.81. The second-order valence-electron chi connectivity index (χ2n) is 10.3. The zero-order chi connectivity index (χ0) is 27.9. The molecule has 196 valence electrons. The molecule has 0 fully saturated rings. The minimum absolute atomic E-state index is 0.677. The van der Waals surface area contributed by atoms with Gasteiger partial charge in [-0.15, -0.1) is 0 Å². The predicted molar refractivity (Wildman–Crippen MR) is 172 cm³/mol. The third-order valence-corrected chi connectivity index (χ3v) is 7.80. The van der Waals surface area contributed by atoms with Gasteiger partial charge in [-0.2, -0.15) is 0 Å². The van der Waals surface area contributed by atoms with E-state index >= 15 is 0 Å². The summed E-state index contributed by atoms with van der Waals surface area (Å²) in [7, 11) is 0. The van der Waals surface area contributed by atoms with Gasteiger partial charge in [0, 0.05) is 40.7 Å². The molecule has 0 aliphatic carbocycles. The normalized spacial score (nSPS) is 11.3. The molecule has 2 heterocycles. The zero-order valence-electron chi connectivity index (χ0n) is 22.6. The van der Waals surface area contributed by atoms with Crippen LogP contribution in [-0.4, -0.2) is 19.9 Å². The third kappa shape index (κ3) is 4.09. The predicted octanol–water partition coefficient (Wildman–Crippen LogP) is 9.39. The van der Waals surface area contributed by atoms with E-state index in [2.05, 4.69) is 109 Å². The van der Waals surface area contributed by atoms with Gasteiger partial charge in [-0.05, 0) is 45.2 Å². The van der Waals surface area contributed by atoms with Gasteiger partial charge in [0.05, 0.1) is 11.0 Å². The first-order valence-electron chi connectivity index (χ1n) is 14.0. The molecule has 0 spiro atoms. The van der Waals surface area contributed by atoms with Crippen molar-refractivity contribution >= 4 is 32.7 Å². The van der Waals surface area contributed by atoms with Crippen LogP contribution >= 0.6 is 0 Å². The van der Waals surface area contributed by atoms with Gasteiger partial charge >= 0.3 is 0 Å². The zero-order valence-corrected chi connectivity index (χ0v) is 22.6. The molecule has 0 aliphatic heterocycles. The van der Waals surface area contributed by atoms with Crippen molar-refractivity contribution in [3.8, 4) is 44.8 Å². The summed E-state index contributed by atoms with van der Waals surface area (Å²) in [6, 6.07) is 44.3. The highest BCUT2D eigenvalue weighted by molar-refractivity contribution is 6.17. The van der Waals surface area contributed by atoms with Crippen molar-refractivity contribution in [2.45, 2.75) is 0 Å². The Balaban J connectivity index is 1.37. The maximum Gasteiger partial charge on any atom is 0.159 e. The fourth-order valence-electron chi connectivity index (χ4n) is 5.81. The second kappa shape index (κ2) is 10.0. The van der Waals surface area contributed by atoms with Crippen LogP contribution in [0.25, 0.3) is 77.5 Å². The number of rotatable bonds is 4. The molecule has 8 aromatic rings. The molecule has 0 radical (unpaired) electrons. The van der Waals surface area contributed by atoms with Gasteiger partial charge in [-0.25, -0.2) is 9.97 Å². The molecule has 2 aromatic heterocycles. The maximum absolute atomic E-state index is 5.25. The van der Waals surface area contributed by atoms with Gasteiger partial charge < -0.3 is 0 Å². The summed E-state index contributed by atoms with van der Waals surface area (Å²) in [4.78, 5) is 19.7. The highest BCUT2D eigenvalue weighted by atomic mass is 14.9. The Labute approximate surface area is 243 Å². The van der Waals surface area contributed by atoms with Crippen LogP contribution in [0.4, 0.5) is 0 Å². The Kier molecular flexibility index (Phi) is 5.75. The summed E-state index contributed by atoms with van der Waals surface area (Å²) < 4.78 is 0. The average Bonchev–Trinajstić information content (AvgIpc) is 3.08.